The normalized spacial score (nSPS) is 18.3. The van der Waals surface area contributed by atoms with Crippen LogP contribution in [0.5, 0.6) is 5.75 Å². The van der Waals surface area contributed by atoms with Crippen LogP contribution in [0.4, 0.5) is 0 Å². The van der Waals surface area contributed by atoms with E-state index in [1.807, 2.05) is 43.0 Å². The van der Waals surface area contributed by atoms with Gasteiger partial charge in [-0.2, -0.15) is 16.7 Å². The molecule has 5 nitrogen and oxygen atoms in total. The van der Waals surface area contributed by atoms with Crippen molar-refractivity contribution in [2.24, 2.45) is 0 Å². The number of hydrogen-bond acceptors (Lipinski definition) is 6. The van der Waals surface area contributed by atoms with E-state index < -0.39 is 0 Å². The quantitative estimate of drug-likeness (QED) is 0.883. The van der Waals surface area contributed by atoms with E-state index in [1.54, 1.807) is 0 Å². The van der Waals surface area contributed by atoms with Gasteiger partial charge in [0.25, 0.3) is 5.89 Å². The van der Waals surface area contributed by atoms with E-state index in [1.165, 1.54) is 5.75 Å². The molecular weight excluding hydrogens is 298 g/mol. The van der Waals surface area contributed by atoms with Crippen LogP contribution in [0.25, 0.3) is 11.5 Å². The number of nitrogens with one attached hydrogen (secondary N) is 1. The predicted molar refractivity (Wildman–Crippen MR) is 88.3 cm³/mol. The highest BCUT2D eigenvalue weighted by Gasteiger charge is 2.13. The van der Waals surface area contributed by atoms with Crippen molar-refractivity contribution in [2.75, 3.05) is 25.4 Å². The Labute approximate surface area is 134 Å². The van der Waals surface area contributed by atoms with Crippen molar-refractivity contribution >= 4 is 11.8 Å². The highest BCUT2D eigenvalue weighted by molar-refractivity contribution is 8.00. The molecule has 0 radical (unpaired) electrons. The molecular formula is C16H21N3O2S. The molecule has 0 saturated carbocycles. The molecule has 6 heteroatoms. The Hall–Kier alpha value is -1.53. The Bertz CT molecular complexity index is 579. The van der Waals surface area contributed by atoms with E-state index in [4.69, 9.17) is 9.26 Å². The van der Waals surface area contributed by atoms with Crippen LogP contribution in [0.3, 0.4) is 0 Å². The summed E-state index contributed by atoms with van der Waals surface area (Å²) in [5, 5.41) is 7.99. The van der Waals surface area contributed by atoms with Gasteiger partial charge in [0.05, 0.1) is 6.61 Å². The van der Waals surface area contributed by atoms with E-state index in [2.05, 4.69) is 15.5 Å². The van der Waals surface area contributed by atoms with Gasteiger partial charge in [-0.3, -0.25) is 0 Å². The maximum atomic E-state index is 5.82. The van der Waals surface area contributed by atoms with Crippen molar-refractivity contribution in [2.45, 2.75) is 25.0 Å². The molecule has 1 aromatic carbocycles. The first-order valence-electron chi connectivity index (χ1n) is 7.73. The molecule has 1 aromatic heterocycles. The van der Waals surface area contributed by atoms with Crippen molar-refractivity contribution in [3.05, 3.63) is 30.1 Å². The van der Waals surface area contributed by atoms with E-state index in [0.717, 1.165) is 49.7 Å². The van der Waals surface area contributed by atoms with Gasteiger partial charge in [-0.15, -0.1) is 0 Å². The van der Waals surface area contributed by atoms with Gasteiger partial charge in [0.2, 0.25) is 0 Å². The largest absolute Gasteiger partial charge is 0.494 e. The van der Waals surface area contributed by atoms with Gasteiger partial charge in [0.15, 0.2) is 5.82 Å². The SMILES string of the molecule is CCc1noc(-c2ccc(OCCC3CNCCS3)cc2)n1. The molecule has 0 amide bonds. The molecule has 0 aliphatic carbocycles. The van der Waals surface area contributed by atoms with E-state index in [-0.39, 0.29) is 0 Å². The molecule has 1 unspecified atom stereocenters. The lowest BCUT2D eigenvalue weighted by Crippen LogP contribution is -2.33. The minimum Gasteiger partial charge on any atom is -0.494 e. The standard InChI is InChI=1S/C16H21N3O2S/c1-2-15-18-16(21-19-15)12-3-5-13(6-4-12)20-9-7-14-11-17-8-10-22-14/h3-6,14,17H,2,7-11H2,1H3. The zero-order chi connectivity index (χ0) is 15.2. The first-order chi connectivity index (χ1) is 10.8. The van der Waals surface area contributed by atoms with Crippen LogP contribution in [0.1, 0.15) is 19.2 Å². The van der Waals surface area contributed by atoms with Gasteiger partial charge in [-0.05, 0) is 30.7 Å². The zero-order valence-corrected chi connectivity index (χ0v) is 13.6. The van der Waals surface area contributed by atoms with Gasteiger partial charge in [-0.1, -0.05) is 12.1 Å². The van der Waals surface area contributed by atoms with Crippen LogP contribution in [-0.2, 0) is 6.42 Å². The number of nitrogens with zero attached hydrogens (tertiary/aromatic N) is 2. The molecule has 1 saturated heterocycles. The number of aryl methyl sites for hydroxylation is 1. The van der Waals surface area contributed by atoms with E-state index in [0.29, 0.717) is 11.1 Å². The molecule has 0 bridgehead atoms. The summed E-state index contributed by atoms with van der Waals surface area (Å²) < 4.78 is 11.0. The molecule has 1 aliphatic heterocycles. The molecule has 1 atom stereocenters. The van der Waals surface area contributed by atoms with Gasteiger partial charge in [0.1, 0.15) is 5.75 Å². The van der Waals surface area contributed by atoms with Gasteiger partial charge < -0.3 is 14.6 Å². The summed E-state index contributed by atoms with van der Waals surface area (Å²) in [5.74, 6) is 3.37. The van der Waals surface area contributed by atoms with Crippen molar-refractivity contribution in [1.29, 1.82) is 0 Å². The van der Waals surface area contributed by atoms with Gasteiger partial charge in [0, 0.05) is 36.1 Å². The molecule has 1 aliphatic rings. The third-order valence-corrected chi connectivity index (χ3v) is 4.91. The molecule has 118 valence electrons. The molecule has 3 rings (SSSR count). The highest BCUT2D eigenvalue weighted by Crippen LogP contribution is 2.22. The van der Waals surface area contributed by atoms with Crippen LogP contribution < -0.4 is 10.1 Å². The fourth-order valence-electron chi connectivity index (χ4n) is 2.32. The van der Waals surface area contributed by atoms with Crippen molar-refractivity contribution in [1.82, 2.24) is 15.5 Å². The third-order valence-electron chi connectivity index (χ3n) is 3.60. The summed E-state index contributed by atoms with van der Waals surface area (Å²) in [6.07, 6.45) is 1.85. The van der Waals surface area contributed by atoms with Crippen LogP contribution in [0.15, 0.2) is 28.8 Å². The fraction of sp³-hybridized carbons (Fsp3) is 0.500. The van der Waals surface area contributed by atoms with E-state index >= 15 is 0 Å². The number of hydrogen-bond donors (Lipinski definition) is 1. The maximum absolute atomic E-state index is 5.82. The van der Waals surface area contributed by atoms with Crippen molar-refractivity contribution in [3.8, 4) is 17.2 Å². The summed E-state index contributed by atoms with van der Waals surface area (Å²) in [5.41, 5.74) is 0.923. The predicted octanol–water partition coefficient (Wildman–Crippen LogP) is 2.77. The summed E-state index contributed by atoms with van der Waals surface area (Å²) >= 11 is 2.03. The Morgan fingerprint density at radius 3 is 2.91 bits per heavy atom. The average Bonchev–Trinajstić information content (AvgIpc) is 3.06. The smallest absolute Gasteiger partial charge is 0.257 e. The molecule has 22 heavy (non-hydrogen) atoms. The summed E-state index contributed by atoms with van der Waals surface area (Å²) in [4.78, 5) is 4.32. The van der Waals surface area contributed by atoms with Crippen LogP contribution in [0.2, 0.25) is 0 Å². The number of thioether (sulfide) groups is 1. The lowest BCUT2D eigenvalue weighted by molar-refractivity contribution is 0.307. The summed E-state index contributed by atoms with van der Waals surface area (Å²) in [7, 11) is 0. The number of aromatic nitrogens is 2. The Morgan fingerprint density at radius 1 is 1.36 bits per heavy atom. The second-order valence-electron chi connectivity index (χ2n) is 5.23. The van der Waals surface area contributed by atoms with Gasteiger partial charge >= 0.3 is 0 Å². The zero-order valence-electron chi connectivity index (χ0n) is 12.7. The second-order valence-corrected chi connectivity index (χ2v) is 6.64. The lowest BCUT2D eigenvalue weighted by atomic mass is 10.2. The first kappa shape index (κ1) is 15.4. The Morgan fingerprint density at radius 2 is 2.23 bits per heavy atom. The number of rotatable bonds is 6. The molecule has 1 fully saturated rings. The Kier molecular flexibility index (Phi) is 5.34. The third kappa shape index (κ3) is 4.01. The Balaban J connectivity index is 1.50. The van der Waals surface area contributed by atoms with Crippen LogP contribution >= 0.6 is 11.8 Å². The monoisotopic (exact) mass is 319 g/mol. The second kappa shape index (κ2) is 7.65. The fourth-order valence-corrected chi connectivity index (χ4v) is 3.42. The lowest BCUT2D eigenvalue weighted by Gasteiger charge is -2.22. The average molecular weight is 319 g/mol. The topological polar surface area (TPSA) is 60.2 Å². The minimum atomic E-state index is 0.563. The molecule has 2 aromatic rings. The van der Waals surface area contributed by atoms with Gasteiger partial charge in [-0.25, -0.2) is 0 Å². The van der Waals surface area contributed by atoms with E-state index in [9.17, 15) is 0 Å². The summed E-state index contributed by atoms with van der Waals surface area (Å²) in [6.45, 7) is 4.97. The van der Waals surface area contributed by atoms with Crippen LogP contribution in [0, 0.1) is 0 Å². The molecule has 2 heterocycles. The minimum absolute atomic E-state index is 0.563. The van der Waals surface area contributed by atoms with Crippen LogP contribution in [-0.4, -0.2) is 40.8 Å². The molecule has 0 spiro atoms. The number of benzene rings is 1. The first-order valence-corrected chi connectivity index (χ1v) is 8.78. The highest BCUT2D eigenvalue weighted by atomic mass is 32.2. The summed E-state index contributed by atoms with van der Waals surface area (Å²) in [6, 6.07) is 7.83. The van der Waals surface area contributed by atoms with Crippen molar-refractivity contribution < 1.29 is 9.26 Å². The maximum Gasteiger partial charge on any atom is 0.257 e. The molecule has 1 N–H and O–H groups in total. The number of ether oxygens (including phenoxy) is 1. The van der Waals surface area contributed by atoms with Crippen molar-refractivity contribution in [3.63, 3.8) is 0 Å².